The Kier molecular flexibility index (Phi) is 10.3. The van der Waals surface area contributed by atoms with Crippen molar-refractivity contribution in [2.75, 3.05) is 0 Å². The third kappa shape index (κ3) is 7.52. The molecule has 0 radical (unpaired) electrons. The standard InChI is InChI=1S/C29H28ClNO2S/c30-28-22(15-12-19-26(28)29(32)33)13-6-3-1-2-4-7-14-23(21-31)25-18-10-11-20-27(25)34-24-16-8-5-9-17-24/h5,8-12,14-20H,1-4,6-7,13H2,(H,32,33)/b23-14+. The first-order chi connectivity index (χ1) is 16.6. The number of aromatic carboxylic acids is 1. The fourth-order valence-corrected chi connectivity index (χ4v) is 5.07. The largest absolute Gasteiger partial charge is 0.478 e. The van der Waals surface area contributed by atoms with E-state index in [9.17, 15) is 15.2 Å². The molecule has 0 aliphatic rings. The maximum absolute atomic E-state index is 11.2. The number of nitrogens with zero attached hydrogens (tertiary/aromatic N) is 1. The van der Waals surface area contributed by atoms with Crippen molar-refractivity contribution in [2.45, 2.75) is 54.7 Å². The molecule has 3 aromatic carbocycles. The zero-order valence-corrected chi connectivity index (χ0v) is 20.6. The number of unbranched alkanes of at least 4 members (excludes halogenated alkanes) is 5. The van der Waals surface area contributed by atoms with E-state index in [-0.39, 0.29) is 5.56 Å². The quantitative estimate of drug-likeness (QED) is 0.204. The minimum atomic E-state index is -0.988. The van der Waals surface area contributed by atoms with Crippen LogP contribution in [0.5, 0.6) is 0 Å². The first kappa shape index (κ1) is 25.6. The van der Waals surface area contributed by atoms with Gasteiger partial charge in [-0.1, -0.05) is 97.2 Å². The van der Waals surface area contributed by atoms with E-state index >= 15 is 0 Å². The van der Waals surface area contributed by atoms with Gasteiger partial charge >= 0.3 is 5.97 Å². The van der Waals surface area contributed by atoms with E-state index < -0.39 is 5.97 Å². The average Bonchev–Trinajstić information content (AvgIpc) is 2.85. The summed E-state index contributed by atoms with van der Waals surface area (Å²) in [7, 11) is 0. The van der Waals surface area contributed by atoms with Crippen LogP contribution in [0, 0.1) is 11.3 Å². The lowest BCUT2D eigenvalue weighted by Crippen LogP contribution is -2.00. The van der Waals surface area contributed by atoms with E-state index in [0.717, 1.165) is 71.4 Å². The van der Waals surface area contributed by atoms with E-state index in [4.69, 9.17) is 11.6 Å². The van der Waals surface area contributed by atoms with Gasteiger partial charge in [-0.25, -0.2) is 4.79 Å². The molecule has 0 atom stereocenters. The number of carboxylic acid groups (broad SMARTS) is 1. The number of benzene rings is 3. The highest BCUT2D eigenvalue weighted by Crippen LogP contribution is 2.33. The summed E-state index contributed by atoms with van der Waals surface area (Å²) in [6.07, 6.45) is 9.00. The van der Waals surface area contributed by atoms with Gasteiger partial charge in [-0.05, 0) is 55.5 Å². The molecular formula is C29H28ClNO2S. The monoisotopic (exact) mass is 489 g/mol. The number of carbonyl (C=O) groups is 1. The second-order valence-corrected chi connectivity index (χ2v) is 9.52. The topological polar surface area (TPSA) is 61.1 Å². The normalized spacial score (nSPS) is 11.2. The summed E-state index contributed by atoms with van der Waals surface area (Å²) < 4.78 is 0. The van der Waals surface area contributed by atoms with Gasteiger partial charge in [0.25, 0.3) is 0 Å². The highest BCUT2D eigenvalue weighted by molar-refractivity contribution is 7.99. The van der Waals surface area contributed by atoms with Crippen LogP contribution >= 0.6 is 23.4 Å². The molecule has 0 unspecified atom stereocenters. The van der Waals surface area contributed by atoms with Gasteiger partial charge in [-0.15, -0.1) is 0 Å². The molecule has 0 saturated carbocycles. The summed E-state index contributed by atoms with van der Waals surface area (Å²) in [5.74, 6) is -0.988. The van der Waals surface area contributed by atoms with Crippen LogP contribution in [0.3, 0.4) is 0 Å². The molecule has 0 fully saturated rings. The molecule has 3 aromatic rings. The molecule has 3 nitrogen and oxygen atoms in total. The molecule has 0 aliphatic heterocycles. The van der Waals surface area contributed by atoms with Gasteiger partial charge in [0.05, 0.1) is 22.2 Å². The molecule has 0 aliphatic carbocycles. The van der Waals surface area contributed by atoms with Crippen molar-refractivity contribution in [3.05, 3.63) is 101 Å². The predicted octanol–water partition coefficient (Wildman–Crippen LogP) is 8.68. The summed E-state index contributed by atoms with van der Waals surface area (Å²) in [4.78, 5) is 13.4. The maximum atomic E-state index is 11.2. The van der Waals surface area contributed by atoms with Crippen LogP contribution < -0.4 is 0 Å². The van der Waals surface area contributed by atoms with Crippen LogP contribution in [0.15, 0.2) is 88.7 Å². The highest BCUT2D eigenvalue weighted by atomic mass is 35.5. The minimum absolute atomic E-state index is 0.169. The lowest BCUT2D eigenvalue weighted by atomic mass is 10.0. The summed E-state index contributed by atoms with van der Waals surface area (Å²) in [6, 6.07) is 25.8. The molecule has 0 heterocycles. The summed E-state index contributed by atoms with van der Waals surface area (Å²) >= 11 is 7.90. The van der Waals surface area contributed by atoms with Gasteiger partial charge in [0.15, 0.2) is 0 Å². The zero-order chi connectivity index (χ0) is 24.2. The first-order valence-electron chi connectivity index (χ1n) is 11.5. The fraction of sp³-hybridized carbons (Fsp3) is 0.241. The van der Waals surface area contributed by atoms with Crippen molar-refractivity contribution in [3.63, 3.8) is 0 Å². The Morgan fingerprint density at radius 2 is 1.56 bits per heavy atom. The van der Waals surface area contributed by atoms with Crippen LogP contribution in [0.2, 0.25) is 5.02 Å². The number of halogens is 1. The molecule has 34 heavy (non-hydrogen) atoms. The molecule has 0 saturated heterocycles. The second-order valence-electron chi connectivity index (χ2n) is 8.03. The number of rotatable bonds is 12. The highest BCUT2D eigenvalue weighted by Gasteiger charge is 2.11. The van der Waals surface area contributed by atoms with Gasteiger partial charge in [-0.3, -0.25) is 0 Å². The second kappa shape index (κ2) is 13.6. The summed E-state index contributed by atoms with van der Waals surface area (Å²) in [6.45, 7) is 0. The van der Waals surface area contributed by atoms with Crippen LogP contribution in [0.1, 0.15) is 60.0 Å². The van der Waals surface area contributed by atoms with Gasteiger partial charge in [-0.2, -0.15) is 5.26 Å². The summed E-state index contributed by atoms with van der Waals surface area (Å²) in [5, 5.41) is 19.3. The molecule has 1 N–H and O–H groups in total. The van der Waals surface area contributed by atoms with E-state index in [0.29, 0.717) is 5.02 Å². The Balaban J connectivity index is 1.45. The van der Waals surface area contributed by atoms with Gasteiger partial charge in [0.2, 0.25) is 0 Å². The lowest BCUT2D eigenvalue weighted by molar-refractivity contribution is 0.0697. The van der Waals surface area contributed by atoms with E-state index in [1.165, 1.54) is 6.07 Å². The number of aryl methyl sites for hydroxylation is 1. The Hall–Kier alpha value is -3.00. The van der Waals surface area contributed by atoms with Crippen molar-refractivity contribution >= 4 is 34.9 Å². The fourth-order valence-electron chi connectivity index (χ4n) is 3.78. The zero-order valence-electron chi connectivity index (χ0n) is 19.0. The Morgan fingerprint density at radius 3 is 2.32 bits per heavy atom. The predicted molar refractivity (Wildman–Crippen MR) is 140 cm³/mol. The first-order valence-corrected chi connectivity index (χ1v) is 12.7. The van der Waals surface area contributed by atoms with E-state index in [2.05, 4.69) is 30.3 Å². The van der Waals surface area contributed by atoms with Crippen molar-refractivity contribution in [3.8, 4) is 6.07 Å². The van der Waals surface area contributed by atoms with Gasteiger partial charge in [0.1, 0.15) is 0 Å². The van der Waals surface area contributed by atoms with Gasteiger partial charge < -0.3 is 5.11 Å². The van der Waals surface area contributed by atoms with Crippen LogP contribution in [0.25, 0.3) is 5.57 Å². The lowest BCUT2D eigenvalue weighted by Gasteiger charge is -2.08. The smallest absolute Gasteiger partial charge is 0.337 e. The third-order valence-corrected chi connectivity index (χ3v) is 7.11. The number of allylic oxidation sites excluding steroid dienone is 2. The minimum Gasteiger partial charge on any atom is -0.478 e. The molecule has 0 aromatic heterocycles. The molecule has 0 amide bonds. The van der Waals surface area contributed by atoms with Crippen molar-refractivity contribution in [2.24, 2.45) is 0 Å². The average molecular weight is 490 g/mol. The van der Waals surface area contributed by atoms with Crippen LogP contribution in [-0.4, -0.2) is 11.1 Å². The maximum Gasteiger partial charge on any atom is 0.337 e. The third-order valence-electron chi connectivity index (χ3n) is 5.58. The number of hydrogen-bond donors (Lipinski definition) is 1. The molecular weight excluding hydrogens is 462 g/mol. The molecule has 0 spiro atoms. The van der Waals surface area contributed by atoms with Gasteiger partial charge in [0, 0.05) is 15.4 Å². The Bertz CT molecular complexity index is 1170. The van der Waals surface area contributed by atoms with Crippen molar-refractivity contribution in [1.29, 1.82) is 5.26 Å². The van der Waals surface area contributed by atoms with E-state index in [1.807, 2.05) is 42.5 Å². The van der Waals surface area contributed by atoms with Crippen molar-refractivity contribution < 1.29 is 9.90 Å². The Morgan fingerprint density at radius 1 is 0.882 bits per heavy atom. The Labute approximate surface area is 211 Å². The van der Waals surface area contributed by atoms with Crippen LogP contribution in [-0.2, 0) is 6.42 Å². The van der Waals surface area contributed by atoms with Crippen LogP contribution in [0.4, 0.5) is 0 Å². The van der Waals surface area contributed by atoms with E-state index in [1.54, 1.807) is 17.8 Å². The SMILES string of the molecule is N#C/C(=C\CCCCCCCc1cccc(C(=O)O)c1Cl)c1ccccc1Sc1ccccc1. The molecule has 174 valence electrons. The molecule has 3 rings (SSSR count). The number of nitriles is 1. The number of hydrogen-bond acceptors (Lipinski definition) is 3. The number of carboxylic acids is 1. The molecule has 0 bridgehead atoms. The summed E-state index contributed by atoms with van der Waals surface area (Å²) in [5.41, 5.74) is 2.78. The molecule has 5 heteroatoms. The van der Waals surface area contributed by atoms with Crippen molar-refractivity contribution in [1.82, 2.24) is 0 Å².